The van der Waals surface area contributed by atoms with E-state index in [1.165, 1.54) is 199 Å². The molecule has 0 heterocycles. The normalized spacial score (nSPS) is 13.2. The van der Waals surface area contributed by atoms with Crippen molar-refractivity contribution >= 4 is 11.9 Å². The van der Waals surface area contributed by atoms with E-state index in [1.54, 1.807) is 0 Å². The fraction of sp³-hybridized carbons (Fsp3) is 0.927. The first kappa shape index (κ1) is 59.6. The Morgan fingerprint density at radius 1 is 0.459 bits per heavy atom. The Bertz CT molecular complexity index is 924. The van der Waals surface area contributed by atoms with E-state index in [0.29, 0.717) is 19.3 Å². The van der Waals surface area contributed by atoms with Crippen molar-refractivity contribution in [3.8, 4) is 0 Å². The van der Waals surface area contributed by atoms with Gasteiger partial charge in [0.2, 0.25) is 5.91 Å². The number of carbonyl (C=O) groups excluding carboxylic acids is 2. The van der Waals surface area contributed by atoms with Gasteiger partial charge in [-0.1, -0.05) is 251 Å². The van der Waals surface area contributed by atoms with Gasteiger partial charge in [0.15, 0.2) is 0 Å². The number of ether oxygens (including phenoxy) is 1. The van der Waals surface area contributed by atoms with Crippen molar-refractivity contribution in [3.05, 3.63) is 12.2 Å². The van der Waals surface area contributed by atoms with Crippen molar-refractivity contribution in [1.82, 2.24) is 5.32 Å². The second-order valence-electron chi connectivity index (χ2n) is 19.0. The van der Waals surface area contributed by atoms with Gasteiger partial charge in [-0.3, -0.25) is 9.59 Å². The number of hydrogen-bond acceptors (Lipinski definition) is 5. The van der Waals surface area contributed by atoms with Gasteiger partial charge in [0.25, 0.3) is 0 Å². The van der Waals surface area contributed by atoms with E-state index >= 15 is 0 Å². The Labute approximate surface area is 380 Å². The molecule has 0 aromatic heterocycles. The van der Waals surface area contributed by atoms with Gasteiger partial charge >= 0.3 is 5.97 Å². The summed E-state index contributed by atoms with van der Waals surface area (Å²) in [5.41, 5.74) is 0. The van der Waals surface area contributed by atoms with Crippen LogP contribution >= 0.6 is 0 Å². The molecule has 0 rings (SSSR count). The van der Waals surface area contributed by atoms with Gasteiger partial charge in [0.1, 0.15) is 6.10 Å². The molecule has 0 bridgehead atoms. The van der Waals surface area contributed by atoms with Gasteiger partial charge in [-0.25, -0.2) is 0 Å². The zero-order valence-electron chi connectivity index (χ0n) is 41.3. The molecule has 0 aromatic carbocycles. The van der Waals surface area contributed by atoms with E-state index in [9.17, 15) is 19.8 Å². The predicted molar refractivity (Wildman–Crippen MR) is 264 cm³/mol. The molecule has 6 nitrogen and oxygen atoms in total. The first-order chi connectivity index (χ1) is 30.0. The number of carbonyl (C=O) groups is 2. The van der Waals surface area contributed by atoms with Crippen LogP contribution < -0.4 is 5.32 Å². The molecule has 61 heavy (non-hydrogen) atoms. The molecule has 3 N–H and O–H groups in total. The molecule has 362 valence electrons. The van der Waals surface area contributed by atoms with Crippen LogP contribution in [0.25, 0.3) is 0 Å². The number of aliphatic hydroxyl groups is 2. The monoisotopic (exact) mass is 862 g/mol. The third-order valence-corrected chi connectivity index (χ3v) is 12.8. The van der Waals surface area contributed by atoms with E-state index in [4.69, 9.17) is 4.74 Å². The standard InChI is InChI=1S/C55H107NO5/c1-4-7-10-13-16-19-22-25-27-29-31-34-37-40-43-46-51(61-55(60)48-45-42-39-36-33-24-21-18-15-12-9-6-3)49-54(59)56-52(50-57)53(58)47-44-41-38-35-32-30-28-26-23-20-17-14-11-8-5-2/h25,27,51-53,57-58H,4-24,26,28-50H2,1-3H3,(H,56,59)/b27-25+. The van der Waals surface area contributed by atoms with E-state index in [2.05, 4.69) is 38.2 Å². The maximum absolute atomic E-state index is 13.2. The molecule has 3 atom stereocenters. The second kappa shape index (κ2) is 49.6. The second-order valence-corrected chi connectivity index (χ2v) is 19.0. The summed E-state index contributed by atoms with van der Waals surface area (Å²) in [7, 11) is 0. The van der Waals surface area contributed by atoms with Crippen molar-refractivity contribution in [2.24, 2.45) is 0 Å². The van der Waals surface area contributed by atoms with Crippen LogP contribution in [0.3, 0.4) is 0 Å². The van der Waals surface area contributed by atoms with Crippen molar-refractivity contribution in [2.45, 2.75) is 322 Å². The summed E-state index contributed by atoms with van der Waals surface area (Å²) in [6.45, 7) is 6.51. The minimum atomic E-state index is -0.784. The van der Waals surface area contributed by atoms with Gasteiger partial charge in [-0.05, 0) is 51.4 Å². The summed E-state index contributed by atoms with van der Waals surface area (Å²) in [4.78, 5) is 26.2. The van der Waals surface area contributed by atoms with Crippen molar-refractivity contribution in [3.63, 3.8) is 0 Å². The molecule has 0 fully saturated rings. The lowest BCUT2D eigenvalue weighted by Crippen LogP contribution is -2.46. The largest absolute Gasteiger partial charge is 0.462 e. The van der Waals surface area contributed by atoms with Crippen molar-refractivity contribution in [2.75, 3.05) is 6.61 Å². The highest BCUT2D eigenvalue weighted by Crippen LogP contribution is 2.18. The quantitative estimate of drug-likeness (QED) is 0.0322. The molecule has 0 saturated heterocycles. The number of hydrogen-bond donors (Lipinski definition) is 3. The van der Waals surface area contributed by atoms with Gasteiger partial charge in [-0.2, -0.15) is 0 Å². The smallest absolute Gasteiger partial charge is 0.306 e. The van der Waals surface area contributed by atoms with Crippen molar-refractivity contribution in [1.29, 1.82) is 0 Å². The number of rotatable bonds is 50. The van der Waals surface area contributed by atoms with Crippen LogP contribution in [0.5, 0.6) is 0 Å². The van der Waals surface area contributed by atoms with Gasteiger partial charge in [-0.15, -0.1) is 0 Å². The molecule has 0 aliphatic heterocycles. The van der Waals surface area contributed by atoms with Crippen LogP contribution in [0.4, 0.5) is 0 Å². The fourth-order valence-corrected chi connectivity index (χ4v) is 8.66. The van der Waals surface area contributed by atoms with E-state index in [0.717, 1.165) is 57.8 Å². The fourth-order valence-electron chi connectivity index (χ4n) is 8.66. The number of esters is 1. The SMILES string of the molecule is CCCCCCCC/C=C/CCCCCCCC(CC(=O)NC(CO)C(O)CCCCCCCCCCCCCCCCC)OC(=O)CCCCCCCCCCCCCC. The lowest BCUT2D eigenvalue weighted by molar-refractivity contribution is -0.151. The zero-order chi connectivity index (χ0) is 44.5. The van der Waals surface area contributed by atoms with Gasteiger partial charge in [0.05, 0.1) is 25.2 Å². The Morgan fingerprint density at radius 3 is 1.16 bits per heavy atom. The maximum Gasteiger partial charge on any atom is 0.306 e. The number of allylic oxidation sites excluding steroid dienone is 2. The molecule has 0 aliphatic carbocycles. The zero-order valence-corrected chi connectivity index (χ0v) is 41.3. The average molecular weight is 862 g/mol. The molecule has 0 saturated carbocycles. The van der Waals surface area contributed by atoms with Crippen LogP contribution in [-0.2, 0) is 14.3 Å². The lowest BCUT2D eigenvalue weighted by atomic mass is 10.0. The molecular weight excluding hydrogens is 755 g/mol. The third kappa shape index (κ3) is 45.0. The van der Waals surface area contributed by atoms with Crippen LogP contribution in [0.15, 0.2) is 12.2 Å². The van der Waals surface area contributed by atoms with E-state index in [1.807, 2.05) is 0 Å². The summed E-state index contributed by atoms with van der Waals surface area (Å²) in [6, 6.07) is -0.698. The Hall–Kier alpha value is -1.40. The minimum Gasteiger partial charge on any atom is -0.462 e. The summed E-state index contributed by atoms with van der Waals surface area (Å²) in [6.07, 6.45) is 55.5. The molecular formula is C55H107NO5. The molecule has 0 radical (unpaired) electrons. The highest BCUT2D eigenvalue weighted by atomic mass is 16.5. The lowest BCUT2D eigenvalue weighted by Gasteiger charge is -2.24. The van der Waals surface area contributed by atoms with Crippen LogP contribution in [0.1, 0.15) is 303 Å². The van der Waals surface area contributed by atoms with Crippen LogP contribution in [0.2, 0.25) is 0 Å². The topological polar surface area (TPSA) is 95.9 Å². The summed E-state index contributed by atoms with van der Waals surface area (Å²) < 4.78 is 5.94. The highest BCUT2D eigenvalue weighted by Gasteiger charge is 2.24. The average Bonchev–Trinajstić information content (AvgIpc) is 3.25. The Morgan fingerprint density at radius 2 is 0.787 bits per heavy atom. The Balaban J connectivity index is 4.52. The van der Waals surface area contributed by atoms with E-state index < -0.39 is 18.2 Å². The van der Waals surface area contributed by atoms with E-state index in [-0.39, 0.29) is 24.9 Å². The highest BCUT2D eigenvalue weighted by molar-refractivity contribution is 5.77. The number of amides is 1. The first-order valence-corrected chi connectivity index (χ1v) is 27.4. The van der Waals surface area contributed by atoms with Crippen molar-refractivity contribution < 1.29 is 24.5 Å². The van der Waals surface area contributed by atoms with Crippen LogP contribution in [0, 0.1) is 0 Å². The first-order valence-electron chi connectivity index (χ1n) is 27.4. The van der Waals surface area contributed by atoms with Crippen LogP contribution in [-0.4, -0.2) is 46.9 Å². The third-order valence-electron chi connectivity index (χ3n) is 12.8. The maximum atomic E-state index is 13.2. The summed E-state index contributed by atoms with van der Waals surface area (Å²) >= 11 is 0. The Kier molecular flexibility index (Phi) is 48.5. The molecule has 6 heteroatoms. The molecule has 3 unspecified atom stereocenters. The summed E-state index contributed by atoms with van der Waals surface area (Å²) in [5, 5.41) is 23.8. The number of aliphatic hydroxyl groups excluding tert-OH is 2. The molecule has 1 amide bonds. The molecule has 0 aliphatic rings. The summed E-state index contributed by atoms with van der Waals surface area (Å²) in [5.74, 6) is -0.463. The number of nitrogens with one attached hydrogen (secondary N) is 1. The molecule has 0 aromatic rings. The predicted octanol–water partition coefficient (Wildman–Crippen LogP) is 16.5. The molecule has 0 spiro atoms. The number of unbranched alkanes of at least 4 members (excludes halogenated alkanes) is 36. The minimum absolute atomic E-state index is 0.0791. The van der Waals surface area contributed by atoms with Gasteiger partial charge in [0, 0.05) is 6.42 Å². The van der Waals surface area contributed by atoms with Gasteiger partial charge < -0.3 is 20.3 Å².